The largest absolute Gasteiger partial charge is 0.481 e. The van der Waals surface area contributed by atoms with Crippen molar-refractivity contribution in [2.24, 2.45) is 0 Å². The van der Waals surface area contributed by atoms with Crippen molar-refractivity contribution in [2.75, 3.05) is 0 Å². The second-order valence-electron chi connectivity index (χ2n) is 4.54. The number of hydrogen-bond donors (Lipinski definition) is 1. The van der Waals surface area contributed by atoms with Gasteiger partial charge in [-0.15, -0.1) is 0 Å². The van der Waals surface area contributed by atoms with Crippen LogP contribution in [0.3, 0.4) is 0 Å². The molecule has 1 aromatic carbocycles. The Hall–Kier alpha value is -1.81. The summed E-state index contributed by atoms with van der Waals surface area (Å²) >= 11 is 5.97. The molecule has 0 aliphatic carbocycles. The standard InChI is InChI=1S/C14H15ClN2O2/c1-8(14(18)19)13-9(2)16-17(10(13)3)12-6-4-5-11(15)7-12/h4-8H,1-3H3,(H,18,19). The number of carbonyl (C=O) groups is 1. The number of aromatic nitrogens is 2. The topological polar surface area (TPSA) is 55.1 Å². The Morgan fingerprint density at radius 2 is 2.11 bits per heavy atom. The van der Waals surface area contributed by atoms with Crippen LogP contribution in [-0.4, -0.2) is 20.9 Å². The third-order valence-electron chi connectivity index (χ3n) is 3.20. The van der Waals surface area contributed by atoms with E-state index in [0.717, 1.165) is 22.6 Å². The average molecular weight is 279 g/mol. The van der Waals surface area contributed by atoms with Gasteiger partial charge >= 0.3 is 5.97 Å². The van der Waals surface area contributed by atoms with Gasteiger partial charge in [-0.2, -0.15) is 5.10 Å². The highest BCUT2D eigenvalue weighted by Gasteiger charge is 2.23. The first-order chi connectivity index (χ1) is 8.91. The molecule has 0 fully saturated rings. The number of nitrogens with zero attached hydrogens (tertiary/aromatic N) is 2. The van der Waals surface area contributed by atoms with Gasteiger partial charge in [0.05, 0.1) is 17.3 Å². The number of hydrogen-bond acceptors (Lipinski definition) is 2. The first-order valence-electron chi connectivity index (χ1n) is 5.96. The van der Waals surface area contributed by atoms with Crippen LogP contribution in [0.5, 0.6) is 0 Å². The van der Waals surface area contributed by atoms with Crippen LogP contribution in [0.15, 0.2) is 24.3 Å². The van der Waals surface area contributed by atoms with Crippen LogP contribution in [0.2, 0.25) is 5.02 Å². The van der Waals surface area contributed by atoms with E-state index in [-0.39, 0.29) is 0 Å². The molecule has 0 spiro atoms. The van der Waals surface area contributed by atoms with E-state index in [0.29, 0.717) is 5.02 Å². The Labute approximate surface area is 116 Å². The molecule has 100 valence electrons. The van der Waals surface area contributed by atoms with Crippen molar-refractivity contribution in [3.63, 3.8) is 0 Å². The van der Waals surface area contributed by atoms with Gasteiger partial charge in [0.15, 0.2) is 0 Å². The Kier molecular flexibility index (Phi) is 3.62. The van der Waals surface area contributed by atoms with E-state index in [4.69, 9.17) is 16.7 Å². The summed E-state index contributed by atoms with van der Waals surface area (Å²) in [4.78, 5) is 11.1. The van der Waals surface area contributed by atoms with Crippen LogP contribution in [0.25, 0.3) is 5.69 Å². The number of carboxylic acid groups (broad SMARTS) is 1. The Morgan fingerprint density at radius 1 is 1.42 bits per heavy atom. The quantitative estimate of drug-likeness (QED) is 0.937. The zero-order valence-electron chi connectivity index (χ0n) is 11.0. The number of aliphatic carboxylic acids is 1. The molecule has 5 heteroatoms. The van der Waals surface area contributed by atoms with E-state index in [1.807, 2.05) is 26.0 Å². The fourth-order valence-corrected chi connectivity index (χ4v) is 2.45. The second kappa shape index (κ2) is 5.05. The van der Waals surface area contributed by atoms with Gasteiger partial charge in [0.2, 0.25) is 0 Å². The fourth-order valence-electron chi connectivity index (χ4n) is 2.26. The van der Waals surface area contributed by atoms with E-state index in [1.165, 1.54) is 0 Å². The molecule has 1 aromatic heterocycles. The molecule has 4 nitrogen and oxygen atoms in total. The van der Waals surface area contributed by atoms with Crippen molar-refractivity contribution >= 4 is 17.6 Å². The van der Waals surface area contributed by atoms with Gasteiger partial charge in [-0.25, -0.2) is 4.68 Å². The minimum atomic E-state index is -0.850. The lowest BCUT2D eigenvalue weighted by Gasteiger charge is -2.08. The van der Waals surface area contributed by atoms with Crippen LogP contribution in [0.4, 0.5) is 0 Å². The van der Waals surface area contributed by atoms with Gasteiger partial charge in [-0.05, 0) is 39.0 Å². The van der Waals surface area contributed by atoms with Gasteiger partial charge in [0.25, 0.3) is 0 Å². The van der Waals surface area contributed by atoms with Crippen molar-refractivity contribution < 1.29 is 9.90 Å². The molecule has 1 N–H and O–H groups in total. The van der Waals surface area contributed by atoms with Gasteiger partial charge < -0.3 is 5.11 Å². The molecule has 2 aromatic rings. The van der Waals surface area contributed by atoms with Crippen LogP contribution in [-0.2, 0) is 4.79 Å². The maximum Gasteiger partial charge on any atom is 0.310 e. The molecule has 0 radical (unpaired) electrons. The smallest absolute Gasteiger partial charge is 0.310 e. The molecule has 0 amide bonds. The summed E-state index contributed by atoms with van der Waals surface area (Å²) in [6.07, 6.45) is 0. The van der Waals surface area contributed by atoms with Crippen molar-refractivity contribution in [1.82, 2.24) is 9.78 Å². The molecule has 0 bridgehead atoms. The van der Waals surface area contributed by atoms with Crippen molar-refractivity contribution in [1.29, 1.82) is 0 Å². The summed E-state index contributed by atoms with van der Waals surface area (Å²) in [5, 5.41) is 14.2. The average Bonchev–Trinajstić information content (AvgIpc) is 2.64. The van der Waals surface area contributed by atoms with Crippen LogP contribution in [0, 0.1) is 13.8 Å². The lowest BCUT2D eigenvalue weighted by Crippen LogP contribution is -2.09. The third-order valence-corrected chi connectivity index (χ3v) is 3.44. The van der Waals surface area contributed by atoms with E-state index in [1.54, 1.807) is 23.7 Å². The molecule has 1 atom stereocenters. The maximum absolute atomic E-state index is 11.1. The normalized spacial score (nSPS) is 12.4. The number of carboxylic acids is 1. The van der Waals surface area contributed by atoms with Crippen LogP contribution < -0.4 is 0 Å². The van der Waals surface area contributed by atoms with Gasteiger partial charge in [-0.3, -0.25) is 4.79 Å². The zero-order chi connectivity index (χ0) is 14.2. The monoisotopic (exact) mass is 278 g/mol. The van der Waals surface area contributed by atoms with Crippen LogP contribution >= 0.6 is 11.6 Å². The van der Waals surface area contributed by atoms with Crippen molar-refractivity contribution in [2.45, 2.75) is 26.7 Å². The Balaban J connectivity index is 2.56. The summed E-state index contributed by atoms with van der Waals surface area (Å²) in [5.74, 6) is -1.43. The third kappa shape index (κ3) is 2.49. The van der Waals surface area contributed by atoms with Crippen molar-refractivity contribution in [3.05, 3.63) is 46.2 Å². The van der Waals surface area contributed by atoms with E-state index < -0.39 is 11.9 Å². The lowest BCUT2D eigenvalue weighted by molar-refractivity contribution is -0.138. The molecule has 1 heterocycles. The Bertz CT molecular complexity index is 634. The minimum Gasteiger partial charge on any atom is -0.481 e. The highest BCUT2D eigenvalue weighted by molar-refractivity contribution is 6.30. The number of halogens is 1. The van der Waals surface area contributed by atoms with Crippen molar-refractivity contribution in [3.8, 4) is 5.69 Å². The lowest BCUT2D eigenvalue weighted by atomic mass is 9.99. The summed E-state index contributed by atoms with van der Waals surface area (Å²) in [5.41, 5.74) is 3.14. The maximum atomic E-state index is 11.1. The SMILES string of the molecule is Cc1nn(-c2cccc(Cl)c2)c(C)c1C(C)C(=O)O. The first kappa shape index (κ1) is 13.6. The minimum absolute atomic E-state index is 0.576. The molecule has 19 heavy (non-hydrogen) atoms. The predicted octanol–water partition coefficient (Wildman–Crippen LogP) is 3.33. The molecule has 0 saturated carbocycles. The van der Waals surface area contributed by atoms with Gasteiger partial charge in [-0.1, -0.05) is 17.7 Å². The van der Waals surface area contributed by atoms with Gasteiger partial charge in [0.1, 0.15) is 0 Å². The fraction of sp³-hybridized carbons (Fsp3) is 0.286. The summed E-state index contributed by atoms with van der Waals surface area (Å²) in [6, 6.07) is 7.32. The highest BCUT2D eigenvalue weighted by Crippen LogP contribution is 2.26. The molecule has 0 aliphatic rings. The van der Waals surface area contributed by atoms with E-state index in [2.05, 4.69) is 5.10 Å². The Morgan fingerprint density at radius 3 is 2.68 bits per heavy atom. The summed E-state index contributed by atoms with van der Waals surface area (Å²) in [6.45, 7) is 5.36. The molecule has 0 aliphatic heterocycles. The van der Waals surface area contributed by atoms with E-state index in [9.17, 15) is 4.79 Å². The number of benzene rings is 1. The zero-order valence-corrected chi connectivity index (χ0v) is 11.8. The molecular weight excluding hydrogens is 264 g/mol. The van der Waals surface area contributed by atoms with Gasteiger partial charge in [0, 0.05) is 16.3 Å². The summed E-state index contributed by atoms with van der Waals surface area (Å²) in [7, 11) is 0. The molecular formula is C14H15ClN2O2. The molecule has 2 rings (SSSR count). The number of aryl methyl sites for hydroxylation is 1. The number of rotatable bonds is 3. The predicted molar refractivity (Wildman–Crippen MR) is 74.1 cm³/mol. The second-order valence-corrected chi connectivity index (χ2v) is 4.97. The molecule has 1 unspecified atom stereocenters. The van der Waals surface area contributed by atoms with Crippen LogP contribution in [0.1, 0.15) is 29.8 Å². The molecule has 0 saturated heterocycles. The summed E-state index contributed by atoms with van der Waals surface area (Å²) < 4.78 is 1.73. The van der Waals surface area contributed by atoms with E-state index >= 15 is 0 Å². The highest BCUT2D eigenvalue weighted by atomic mass is 35.5. The first-order valence-corrected chi connectivity index (χ1v) is 6.34.